The van der Waals surface area contributed by atoms with E-state index in [0.29, 0.717) is 17.9 Å². The smallest absolute Gasteiger partial charge is 0.318 e. The minimum absolute atomic E-state index is 0.523. The number of nitrogens with zero attached hydrogens (tertiary/aromatic N) is 3. The molecule has 72 valence electrons. The average molecular weight is 181 g/mol. The van der Waals surface area contributed by atoms with E-state index in [1.54, 1.807) is 0 Å². The molecule has 2 rings (SSSR count). The lowest BCUT2D eigenvalue weighted by atomic mass is 10.1. The number of anilines is 1. The van der Waals surface area contributed by atoms with Crippen LogP contribution in [-0.2, 0) is 0 Å². The van der Waals surface area contributed by atoms with Gasteiger partial charge in [-0.1, -0.05) is 12.0 Å². The van der Waals surface area contributed by atoms with Gasteiger partial charge < -0.3 is 9.32 Å². The second-order valence-electron chi connectivity index (χ2n) is 3.95. The van der Waals surface area contributed by atoms with Crippen LogP contribution < -0.4 is 4.90 Å². The Morgan fingerprint density at radius 2 is 2.15 bits per heavy atom. The van der Waals surface area contributed by atoms with E-state index in [9.17, 15) is 0 Å². The Kier molecular flexibility index (Phi) is 1.98. The molecule has 0 spiro atoms. The molecule has 4 heteroatoms. The van der Waals surface area contributed by atoms with Crippen molar-refractivity contribution in [2.24, 2.45) is 5.92 Å². The van der Waals surface area contributed by atoms with Gasteiger partial charge in [-0.2, -0.15) is 0 Å². The number of aryl methyl sites for hydroxylation is 1. The van der Waals surface area contributed by atoms with Gasteiger partial charge >= 0.3 is 6.01 Å². The zero-order chi connectivity index (χ0) is 9.42. The van der Waals surface area contributed by atoms with E-state index in [1.165, 1.54) is 6.42 Å². The van der Waals surface area contributed by atoms with Crippen LogP contribution >= 0.6 is 0 Å². The molecule has 1 fully saturated rings. The van der Waals surface area contributed by atoms with Gasteiger partial charge in [0.15, 0.2) is 0 Å². The average Bonchev–Trinajstić information content (AvgIpc) is 2.58. The maximum Gasteiger partial charge on any atom is 0.318 e. The molecule has 4 nitrogen and oxygen atoms in total. The van der Waals surface area contributed by atoms with Crippen LogP contribution in [0.25, 0.3) is 0 Å². The van der Waals surface area contributed by atoms with Crippen molar-refractivity contribution in [1.29, 1.82) is 0 Å². The highest BCUT2D eigenvalue weighted by molar-refractivity contribution is 5.28. The summed E-state index contributed by atoms with van der Waals surface area (Å²) in [5, 5.41) is 7.85. The highest BCUT2D eigenvalue weighted by atomic mass is 16.4. The number of aromatic nitrogens is 2. The van der Waals surface area contributed by atoms with E-state index in [4.69, 9.17) is 4.42 Å². The molecule has 2 heterocycles. The highest BCUT2D eigenvalue weighted by Gasteiger charge is 2.29. The van der Waals surface area contributed by atoms with Crippen LogP contribution in [0.15, 0.2) is 4.42 Å². The van der Waals surface area contributed by atoms with Crippen molar-refractivity contribution >= 4 is 6.01 Å². The van der Waals surface area contributed by atoms with Crippen LogP contribution in [0, 0.1) is 12.8 Å². The first-order valence-electron chi connectivity index (χ1n) is 4.73. The lowest BCUT2D eigenvalue weighted by Crippen LogP contribution is -2.26. The standard InChI is InChI=1S/C9H15N3O/c1-6-4-7(2)12(5-6)9-11-10-8(3)13-9/h6-7H,4-5H2,1-3H3. The van der Waals surface area contributed by atoms with E-state index < -0.39 is 0 Å². The maximum absolute atomic E-state index is 5.39. The monoisotopic (exact) mass is 181 g/mol. The van der Waals surface area contributed by atoms with Gasteiger partial charge in [0.2, 0.25) is 5.89 Å². The van der Waals surface area contributed by atoms with Gasteiger partial charge in [-0.05, 0) is 19.3 Å². The van der Waals surface area contributed by atoms with Crippen molar-refractivity contribution < 1.29 is 4.42 Å². The third-order valence-corrected chi connectivity index (χ3v) is 2.54. The predicted molar refractivity (Wildman–Crippen MR) is 49.6 cm³/mol. The molecular weight excluding hydrogens is 166 g/mol. The number of hydrogen-bond acceptors (Lipinski definition) is 4. The molecule has 0 N–H and O–H groups in total. The highest BCUT2D eigenvalue weighted by Crippen LogP contribution is 2.27. The molecule has 0 aliphatic carbocycles. The molecule has 1 aliphatic heterocycles. The molecule has 0 saturated carbocycles. The first-order chi connectivity index (χ1) is 6.16. The zero-order valence-corrected chi connectivity index (χ0v) is 8.32. The molecule has 0 aromatic carbocycles. The summed E-state index contributed by atoms with van der Waals surface area (Å²) in [4.78, 5) is 2.19. The molecule has 1 aliphatic rings. The summed E-state index contributed by atoms with van der Waals surface area (Å²) < 4.78 is 5.39. The molecule has 1 aromatic rings. The van der Waals surface area contributed by atoms with Crippen LogP contribution in [0.3, 0.4) is 0 Å². The molecule has 0 bridgehead atoms. The van der Waals surface area contributed by atoms with Crippen molar-refractivity contribution in [3.05, 3.63) is 5.89 Å². The molecule has 2 atom stereocenters. The Bertz CT molecular complexity index is 297. The Hall–Kier alpha value is -1.06. The molecule has 1 saturated heterocycles. The third kappa shape index (κ3) is 1.53. The molecule has 2 unspecified atom stereocenters. The third-order valence-electron chi connectivity index (χ3n) is 2.54. The largest absolute Gasteiger partial charge is 0.408 e. The van der Waals surface area contributed by atoms with E-state index in [2.05, 4.69) is 28.9 Å². The second-order valence-corrected chi connectivity index (χ2v) is 3.95. The van der Waals surface area contributed by atoms with E-state index in [0.717, 1.165) is 12.5 Å². The van der Waals surface area contributed by atoms with Crippen LogP contribution in [0.2, 0.25) is 0 Å². The fraction of sp³-hybridized carbons (Fsp3) is 0.778. The van der Waals surface area contributed by atoms with E-state index in [1.807, 2.05) is 6.92 Å². The Morgan fingerprint density at radius 1 is 1.38 bits per heavy atom. The maximum atomic E-state index is 5.39. The molecular formula is C9H15N3O. The Morgan fingerprint density at radius 3 is 2.62 bits per heavy atom. The summed E-state index contributed by atoms with van der Waals surface area (Å²) >= 11 is 0. The summed E-state index contributed by atoms with van der Waals surface area (Å²) in [5.74, 6) is 1.36. The van der Waals surface area contributed by atoms with Crippen molar-refractivity contribution in [2.45, 2.75) is 33.2 Å². The Balaban J connectivity index is 2.17. The van der Waals surface area contributed by atoms with Gasteiger partial charge in [-0.15, -0.1) is 5.10 Å². The summed E-state index contributed by atoms with van der Waals surface area (Å²) in [5.41, 5.74) is 0. The minimum atomic E-state index is 0.523. The second kappa shape index (κ2) is 3.01. The first-order valence-corrected chi connectivity index (χ1v) is 4.73. The van der Waals surface area contributed by atoms with Gasteiger partial charge in [0.25, 0.3) is 0 Å². The summed E-state index contributed by atoms with van der Waals surface area (Å²) in [6.45, 7) is 7.30. The summed E-state index contributed by atoms with van der Waals surface area (Å²) in [6.07, 6.45) is 1.21. The predicted octanol–water partition coefficient (Wildman–Crippen LogP) is 1.61. The zero-order valence-electron chi connectivity index (χ0n) is 8.32. The molecule has 0 amide bonds. The van der Waals surface area contributed by atoms with Crippen LogP contribution in [0.4, 0.5) is 6.01 Å². The van der Waals surface area contributed by atoms with Crippen LogP contribution in [-0.4, -0.2) is 22.8 Å². The van der Waals surface area contributed by atoms with Crippen molar-refractivity contribution in [1.82, 2.24) is 10.2 Å². The van der Waals surface area contributed by atoms with Gasteiger partial charge in [0.05, 0.1) is 0 Å². The fourth-order valence-electron chi connectivity index (χ4n) is 1.97. The molecule has 1 aromatic heterocycles. The van der Waals surface area contributed by atoms with E-state index >= 15 is 0 Å². The van der Waals surface area contributed by atoms with Crippen LogP contribution in [0.1, 0.15) is 26.2 Å². The minimum Gasteiger partial charge on any atom is -0.408 e. The molecule has 0 radical (unpaired) electrons. The SMILES string of the molecule is Cc1nnc(N2CC(C)CC2C)o1. The lowest BCUT2D eigenvalue weighted by Gasteiger charge is -2.17. The quantitative estimate of drug-likeness (QED) is 0.660. The van der Waals surface area contributed by atoms with Gasteiger partial charge in [0.1, 0.15) is 0 Å². The molecule has 13 heavy (non-hydrogen) atoms. The van der Waals surface area contributed by atoms with Crippen molar-refractivity contribution in [2.75, 3.05) is 11.4 Å². The summed E-state index contributed by atoms with van der Waals surface area (Å²) in [7, 11) is 0. The topological polar surface area (TPSA) is 42.2 Å². The fourth-order valence-corrected chi connectivity index (χ4v) is 1.97. The normalized spacial score (nSPS) is 28.4. The van der Waals surface area contributed by atoms with E-state index in [-0.39, 0.29) is 0 Å². The van der Waals surface area contributed by atoms with Gasteiger partial charge in [-0.25, -0.2) is 0 Å². The first kappa shape index (κ1) is 8.53. The Labute approximate surface area is 77.9 Å². The number of hydrogen-bond donors (Lipinski definition) is 0. The lowest BCUT2D eigenvalue weighted by molar-refractivity contribution is 0.500. The van der Waals surface area contributed by atoms with Gasteiger partial charge in [0, 0.05) is 19.5 Å². The van der Waals surface area contributed by atoms with Crippen molar-refractivity contribution in [3.63, 3.8) is 0 Å². The van der Waals surface area contributed by atoms with Gasteiger partial charge in [-0.3, -0.25) is 0 Å². The number of rotatable bonds is 1. The van der Waals surface area contributed by atoms with Crippen LogP contribution in [0.5, 0.6) is 0 Å². The summed E-state index contributed by atoms with van der Waals surface area (Å²) in [6, 6.07) is 1.20. The van der Waals surface area contributed by atoms with Crippen molar-refractivity contribution in [3.8, 4) is 0 Å².